The smallest absolute Gasteiger partial charge is 0.0702 e. The molecule has 0 saturated carbocycles. The second-order valence-corrected chi connectivity index (χ2v) is 6.42. The van der Waals surface area contributed by atoms with E-state index >= 15 is 0 Å². The molecule has 0 spiro atoms. The van der Waals surface area contributed by atoms with Crippen molar-refractivity contribution in [1.29, 1.82) is 0 Å². The Kier molecular flexibility index (Phi) is 6.30. The summed E-state index contributed by atoms with van der Waals surface area (Å²) in [4.78, 5) is 2.42. The van der Waals surface area contributed by atoms with Gasteiger partial charge in [-0.15, -0.1) is 0 Å². The predicted molar refractivity (Wildman–Crippen MR) is 87.2 cm³/mol. The first kappa shape index (κ1) is 16.2. The van der Waals surface area contributed by atoms with Gasteiger partial charge in [0.1, 0.15) is 0 Å². The second-order valence-electron chi connectivity index (χ2n) is 5.13. The number of halogens is 2. The van der Waals surface area contributed by atoms with Gasteiger partial charge in [-0.1, -0.05) is 27.5 Å². The number of hydrogen-bond donors (Lipinski definition) is 1. The Bertz CT molecular complexity index is 442. The van der Waals surface area contributed by atoms with Crippen LogP contribution in [0.25, 0.3) is 0 Å². The van der Waals surface area contributed by atoms with Crippen molar-refractivity contribution in [2.24, 2.45) is 5.73 Å². The molecule has 1 aliphatic rings. The van der Waals surface area contributed by atoms with Crippen LogP contribution in [0.4, 0.5) is 0 Å². The second kappa shape index (κ2) is 7.76. The van der Waals surface area contributed by atoms with E-state index in [-0.39, 0.29) is 6.04 Å². The summed E-state index contributed by atoms with van der Waals surface area (Å²) in [5.74, 6) is 0. The highest BCUT2D eigenvalue weighted by Crippen LogP contribution is 2.31. The van der Waals surface area contributed by atoms with E-state index in [2.05, 4.69) is 20.8 Å². The van der Waals surface area contributed by atoms with Gasteiger partial charge in [0, 0.05) is 35.2 Å². The lowest BCUT2D eigenvalue weighted by Gasteiger charge is -2.38. The van der Waals surface area contributed by atoms with Gasteiger partial charge in [-0.05, 0) is 50.1 Å². The number of hydrogen-bond acceptors (Lipinski definition) is 3. The summed E-state index contributed by atoms with van der Waals surface area (Å²) < 4.78 is 6.84. The van der Waals surface area contributed by atoms with Gasteiger partial charge in [0.15, 0.2) is 0 Å². The number of likely N-dealkylation sites (tertiary alicyclic amines) is 1. The third-order valence-electron chi connectivity index (χ3n) is 3.79. The van der Waals surface area contributed by atoms with E-state index in [1.165, 1.54) is 0 Å². The average molecular weight is 362 g/mol. The Hall–Kier alpha value is -0.130. The number of rotatable bonds is 5. The number of nitrogens with two attached hydrogens (primary N) is 1. The van der Waals surface area contributed by atoms with Crippen molar-refractivity contribution < 1.29 is 4.74 Å². The lowest BCUT2D eigenvalue weighted by atomic mass is 10.0. The topological polar surface area (TPSA) is 38.5 Å². The van der Waals surface area contributed by atoms with Gasteiger partial charge in [-0.25, -0.2) is 0 Å². The minimum absolute atomic E-state index is 0.186. The summed E-state index contributed by atoms with van der Waals surface area (Å²) in [7, 11) is 0. The molecule has 3 nitrogen and oxygen atoms in total. The zero-order chi connectivity index (χ0) is 14.5. The van der Waals surface area contributed by atoms with Gasteiger partial charge in [-0.2, -0.15) is 0 Å². The van der Waals surface area contributed by atoms with E-state index in [0.29, 0.717) is 12.6 Å². The SMILES string of the molecule is CCOC1CCCN(C(CN)c2cc(Cl)ccc2Br)C1. The molecule has 2 atom stereocenters. The van der Waals surface area contributed by atoms with Gasteiger partial charge in [0.2, 0.25) is 0 Å². The molecule has 0 aromatic heterocycles. The lowest BCUT2D eigenvalue weighted by Crippen LogP contribution is -2.44. The van der Waals surface area contributed by atoms with Crippen molar-refractivity contribution in [3.63, 3.8) is 0 Å². The summed E-state index contributed by atoms with van der Waals surface area (Å²) in [5, 5.41) is 0.750. The monoisotopic (exact) mass is 360 g/mol. The molecule has 1 aromatic carbocycles. The fourth-order valence-electron chi connectivity index (χ4n) is 2.86. The van der Waals surface area contributed by atoms with E-state index < -0.39 is 0 Å². The standard InChI is InChI=1S/C15H22BrClN2O/c1-2-20-12-4-3-7-19(10-12)15(9-18)13-8-11(17)5-6-14(13)16/h5-6,8,12,15H,2-4,7,9-10,18H2,1H3. The van der Waals surface area contributed by atoms with Gasteiger partial charge in [-0.3, -0.25) is 4.90 Å². The Morgan fingerprint density at radius 3 is 3.05 bits per heavy atom. The average Bonchev–Trinajstić information content (AvgIpc) is 2.44. The molecular weight excluding hydrogens is 340 g/mol. The van der Waals surface area contributed by atoms with Crippen LogP contribution < -0.4 is 5.73 Å². The Labute approximate surface area is 134 Å². The first-order valence-electron chi connectivity index (χ1n) is 7.16. The van der Waals surface area contributed by atoms with Crippen LogP contribution in [0.1, 0.15) is 31.4 Å². The molecule has 0 amide bonds. The predicted octanol–water partition coefficient (Wildman–Crippen LogP) is 3.60. The van der Waals surface area contributed by atoms with E-state index in [9.17, 15) is 0 Å². The minimum Gasteiger partial charge on any atom is -0.377 e. The quantitative estimate of drug-likeness (QED) is 0.871. The molecule has 1 fully saturated rings. The molecule has 0 bridgehead atoms. The third-order valence-corrected chi connectivity index (χ3v) is 4.75. The normalized spacial score (nSPS) is 21.9. The van der Waals surface area contributed by atoms with Gasteiger partial charge < -0.3 is 10.5 Å². The number of ether oxygens (including phenoxy) is 1. The first-order valence-corrected chi connectivity index (χ1v) is 8.33. The molecule has 1 aromatic rings. The van der Waals surface area contributed by atoms with Crippen molar-refractivity contribution in [2.75, 3.05) is 26.2 Å². The molecule has 5 heteroatoms. The largest absolute Gasteiger partial charge is 0.377 e. The molecule has 1 heterocycles. The summed E-state index contributed by atoms with van der Waals surface area (Å²) in [5.41, 5.74) is 7.19. The molecule has 2 rings (SSSR count). The number of piperidine rings is 1. The summed E-state index contributed by atoms with van der Waals surface area (Å²) >= 11 is 9.74. The van der Waals surface area contributed by atoms with Crippen molar-refractivity contribution in [3.05, 3.63) is 33.3 Å². The van der Waals surface area contributed by atoms with Gasteiger partial charge in [0.25, 0.3) is 0 Å². The van der Waals surface area contributed by atoms with Gasteiger partial charge in [0.05, 0.1) is 6.10 Å². The molecule has 0 radical (unpaired) electrons. The van der Waals surface area contributed by atoms with E-state index in [1.807, 2.05) is 25.1 Å². The Balaban J connectivity index is 2.16. The van der Waals surface area contributed by atoms with Crippen LogP contribution in [0, 0.1) is 0 Å². The number of nitrogens with zero attached hydrogens (tertiary/aromatic N) is 1. The summed E-state index contributed by atoms with van der Waals surface area (Å²) in [6.45, 7) is 5.40. The molecule has 2 unspecified atom stereocenters. The summed E-state index contributed by atoms with van der Waals surface area (Å²) in [6.07, 6.45) is 2.61. The van der Waals surface area contributed by atoms with Crippen molar-refractivity contribution in [3.8, 4) is 0 Å². The molecular formula is C15H22BrClN2O. The van der Waals surface area contributed by atoms with Crippen LogP contribution in [0.5, 0.6) is 0 Å². The van der Waals surface area contributed by atoms with Crippen LogP contribution in [0.3, 0.4) is 0 Å². The maximum Gasteiger partial charge on any atom is 0.0702 e. The zero-order valence-corrected chi connectivity index (χ0v) is 14.2. The molecule has 1 aliphatic heterocycles. The van der Waals surface area contributed by atoms with Crippen molar-refractivity contribution >= 4 is 27.5 Å². The zero-order valence-electron chi connectivity index (χ0n) is 11.8. The highest BCUT2D eigenvalue weighted by Gasteiger charge is 2.27. The fraction of sp³-hybridized carbons (Fsp3) is 0.600. The van der Waals surface area contributed by atoms with Crippen molar-refractivity contribution in [1.82, 2.24) is 4.90 Å². The van der Waals surface area contributed by atoms with Crippen LogP contribution in [0.2, 0.25) is 5.02 Å². The molecule has 0 aliphatic carbocycles. The van der Waals surface area contributed by atoms with Crippen LogP contribution in [-0.2, 0) is 4.74 Å². The number of benzene rings is 1. The Morgan fingerprint density at radius 2 is 2.35 bits per heavy atom. The first-order chi connectivity index (χ1) is 9.65. The minimum atomic E-state index is 0.186. The Morgan fingerprint density at radius 1 is 1.55 bits per heavy atom. The highest BCUT2D eigenvalue weighted by molar-refractivity contribution is 9.10. The van der Waals surface area contributed by atoms with E-state index in [1.54, 1.807) is 0 Å². The molecule has 112 valence electrons. The fourth-order valence-corrected chi connectivity index (χ4v) is 3.56. The molecule has 2 N–H and O–H groups in total. The molecule has 20 heavy (non-hydrogen) atoms. The van der Waals surface area contributed by atoms with Crippen LogP contribution in [-0.4, -0.2) is 37.2 Å². The van der Waals surface area contributed by atoms with Crippen LogP contribution >= 0.6 is 27.5 Å². The highest BCUT2D eigenvalue weighted by atomic mass is 79.9. The maximum absolute atomic E-state index is 6.13. The third kappa shape index (κ3) is 3.95. The van der Waals surface area contributed by atoms with Crippen LogP contribution in [0.15, 0.2) is 22.7 Å². The van der Waals surface area contributed by atoms with Gasteiger partial charge >= 0.3 is 0 Å². The molecule has 1 saturated heterocycles. The lowest BCUT2D eigenvalue weighted by molar-refractivity contribution is -0.00668. The van der Waals surface area contributed by atoms with E-state index in [0.717, 1.165) is 47.6 Å². The maximum atomic E-state index is 6.13. The summed E-state index contributed by atoms with van der Waals surface area (Å²) in [6, 6.07) is 6.07. The van der Waals surface area contributed by atoms with E-state index in [4.69, 9.17) is 22.1 Å². The van der Waals surface area contributed by atoms with Crippen molar-refractivity contribution in [2.45, 2.75) is 31.9 Å².